The fourth-order valence-corrected chi connectivity index (χ4v) is 5.17. The Morgan fingerprint density at radius 2 is 1.50 bits per heavy atom. The predicted octanol–water partition coefficient (Wildman–Crippen LogP) is 7.75. The number of halogens is 1. The van der Waals surface area contributed by atoms with E-state index in [0.29, 0.717) is 5.03 Å². The SMILES string of the molecule is C=C(Cl)/C=C\c1c(C)oc2c1=CCC=CC=2c1ccc2c3ccccc3c3ccccc3c2c1. The summed E-state index contributed by atoms with van der Waals surface area (Å²) in [7, 11) is 0. The molecular formula is C32H23ClO. The predicted molar refractivity (Wildman–Crippen MR) is 146 cm³/mol. The van der Waals surface area contributed by atoms with Crippen LogP contribution in [0.5, 0.6) is 0 Å². The molecule has 0 bridgehead atoms. The topological polar surface area (TPSA) is 13.1 Å². The second-order valence-electron chi connectivity index (χ2n) is 8.70. The molecule has 0 aliphatic heterocycles. The van der Waals surface area contributed by atoms with Gasteiger partial charge < -0.3 is 4.42 Å². The molecular weight excluding hydrogens is 436 g/mol. The van der Waals surface area contributed by atoms with E-state index in [1.54, 1.807) is 0 Å². The summed E-state index contributed by atoms with van der Waals surface area (Å²) in [6.45, 7) is 5.77. The molecule has 0 unspecified atom stereocenters. The number of benzene rings is 4. The van der Waals surface area contributed by atoms with Crippen molar-refractivity contribution in [3.05, 3.63) is 124 Å². The molecule has 0 N–H and O–H groups in total. The molecule has 0 saturated carbocycles. The Hall–Kier alpha value is -3.81. The number of hydrogen-bond acceptors (Lipinski definition) is 1. The Labute approximate surface area is 203 Å². The van der Waals surface area contributed by atoms with Gasteiger partial charge in [-0.05, 0) is 69.4 Å². The summed E-state index contributed by atoms with van der Waals surface area (Å²) in [5.41, 5.74) is 4.19. The van der Waals surface area contributed by atoms with Crippen LogP contribution in [0.3, 0.4) is 0 Å². The van der Waals surface area contributed by atoms with Crippen molar-refractivity contribution in [3.8, 4) is 0 Å². The maximum Gasteiger partial charge on any atom is 0.142 e. The maximum absolute atomic E-state index is 6.34. The number of rotatable bonds is 3. The van der Waals surface area contributed by atoms with Gasteiger partial charge in [0.05, 0.1) is 0 Å². The second kappa shape index (κ2) is 8.20. The van der Waals surface area contributed by atoms with Gasteiger partial charge >= 0.3 is 0 Å². The summed E-state index contributed by atoms with van der Waals surface area (Å²) in [6, 6.07) is 24.1. The van der Waals surface area contributed by atoms with Crippen LogP contribution in [0.2, 0.25) is 0 Å². The molecule has 34 heavy (non-hydrogen) atoms. The van der Waals surface area contributed by atoms with Crippen molar-refractivity contribution in [2.45, 2.75) is 13.3 Å². The van der Waals surface area contributed by atoms with Crippen molar-refractivity contribution >= 4 is 61.6 Å². The van der Waals surface area contributed by atoms with Crippen molar-refractivity contribution in [2.75, 3.05) is 0 Å². The molecule has 1 nitrogen and oxygen atoms in total. The second-order valence-corrected chi connectivity index (χ2v) is 9.19. The fourth-order valence-electron chi connectivity index (χ4n) is 5.11. The first-order valence-electron chi connectivity index (χ1n) is 11.5. The lowest BCUT2D eigenvalue weighted by Crippen LogP contribution is -2.24. The lowest BCUT2D eigenvalue weighted by molar-refractivity contribution is 0.499. The number of allylic oxidation sites excluding steroid dienone is 4. The van der Waals surface area contributed by atoms with Gasteiger partial charge in [-0.15, -0.1) is 0 Å². The zero-order valence-electron chi connectivity index (χ0n) is 18.9. The van der Waals surface area contributed by atoms with Crippen LogP contribution in [-0.4, -0.2) is 0 Å². The van der Waals surface area contributed by atoms with Gasteiger partial charge in [0, 0.05) is 21.4 Å². The molecule has 1 aliphatic rings. The minimum Gasteiger partial charge on any atom is -0.460 e. The molecule has 5 aromatic rings. The van der Waals surface area contributed by atoms with Crippen LogP contribution in [0.1, 0.15) is 23.3 Å². The highest BCUT2D eigenvalue weighted by Crippen LogP contribution is 2.36. The zero-order chi connectivity index (χ0) is 23.2. The third-order valence-electron chi connectivity index (χ3n) is 6.64. The molecule has 0 atom stereocenters. The average Bonchev–Trinajstić information content (AvgIpc) is 3.02. The molecule has 0 saturated heterocycles. The van der Waals surface area contributed by atoms with Crippen LogP contribution in [0.4, 0.5) is 0 Å². The Morgan fingerprint density at radius 3 is 2.15 bits per heavy atom. The van der Waals surface area contributed by atoms with Crippen LogP contribution in [0.25, 0.3) is 50.0 Å². The molecule has 164 valence electrons. The molecule has 0 fully saturated rings. The van der Waals surface area contributed by atoms with Gasteiger partial charge in [-0.25, -0.2) is 0 Å². The van der Waals surface area contributed by atoms with Crippen LogP contribution in [0, 0.1) is 6.92 Å². The van der Waals surface area contributed by atoms with Gasteiger partial charge in [-0.2, -0.15) is 0 Å². The van der Waals surface area contributed by atoms with Gasteiger partial charge in [-0.1, -0.05) is 97.1 Å². The highest BCUT2D eigenvalue weighted by Gasteiger charge is 2.14. The Balaban J connectivity index is 1.69. The summed E-state index contributed by atoms with van der Waals surface area (Å²) < 4.78 is 6.34. The van der Waals surface area contributed by atoms with Gasteiger partial charge in [0.2, 0.25) is 0 Å². The van der Waals surface area contributed by atoms with E-state index in [1.165, 1.54) is 32.3 Å². The summed E-state index contributed by atoms with van der Waals surface area (Å²) in [5.74, 6) is 0.875. The normalized spacial score (nSPS) is 13.5. The molecule has 1 aliphatic carbocycles. The minimum absolute atomic E-state index is 0.499. The maximum atomic E-state index is 6.34. The van der Waals surface area contributed by atoms with Gasteiger partial charge in [0.1, 0.15) is 11.2 Å². The molecule has 0 spiro atoms. The van der Waals surface area contributed by atoms with Gasteiger partial charge in [0.25, 0.3) is 0 Å². The van der Waals surface area contributed by atoms with E-state index < -0.39 is 0 Å². The van der Waals surface area contributed by atoms with Crippen molar-refractivity contribution in [1.29, 1.82) is 0 Å². The molecule has 0 radical (unpaired) electrons. The first-order valence-corrected chi connectivity index (χ1v) is 11.9. The summed E-state index contributed by atoms with van der Waals surface area (Å²) in [4.78, 5) is 0. The molecule has 1 heterocycles. The summed E-state index contributed by atoms with van der Waals surface area (Å²) >= 11 is 5.99. The number of hydrogen-bond donors (Lipinski definition) is 0. The van der Waals surface area contributed by atoms with E-state index >= 15 is 0 Å². The standard InChI is InChI=1S/C32H23ClO/c1-20(33)15-17-23-21(2)34-32-24(9-3-8-14-30(23)32)22-16-18-29-27-12-5-4-10-25(27)26-11-6-7-13-28(26)31(29)19-22/h3-7,9-19H,1,8H2,2H3/b17-15-. The molecule has 4 aromatic carbocycles. The fraction of sp³-hybridized carbons (Fsp3) is 0.0625. The monoisotopic (exact) mass is 458 g/mol. The third-order valence-corrected chi connectivity index (χ3v) is 6.77. The average molecular weight is 459 g/mol. The van der Waals surface area contributed by atoms with E-state index in [9.17, 15) is 0 Å². The van der Waals surface area contributed by atoms with Crippen LogP contribution in [0.15, 0.2) is 101 Å². The molecule has 0 amide bonds. The zero-order valence-corrected chi connectivity index (χ0v) is 19.7. The van der Waals surface area contributed by atoms with E-state index in [4.69, 9.17) is 16.0 Å². The van der Waals surface area contributed by atoms with Crippen LogP contribution < -0.4 is 10.6 Å². The quantitative estimate of drug-likeness (QED) is 0.199. The highest BCUT2D eigenvalue weighted by molar-refractivity contribution is 6.31. The lowest BCUT2D eigenvalue weighted by Gasteiger charge is -2.12. The molecule has 6 rings (SSSR count). The van der Waals surface area contributed by atoms with Crippen molar-refractivity contribution in [2.24, 2.45) is 0 Å². The smallest absolute Gasteiger partial charge is 0.142 e. The first kappa shape index (κ1) is 20.8. The van der Waals surface area contributed by atoms with E-state index in [0.717, 1.165) is 39.5 Å². The number of aryl methyl sites for hydroxylation is 1. The van der Waals surface area contributed by atoms with E-state index in [1.807, 2.05) is 19.1 Å². The Kier molecular flexibility index (Phi) is 5.01. The van der Waals surface area contributed by atoms with Crippen molar-refractivity contribution in [3.63, 3.8) is 0 Å². The lowest BCUT2D eigenvalue weighted by atomic mass is 9.92. The Morgan fingerprint density at radius 1 is 0.882 bits per heavy atom. The molecule has 1 aromatic heterocycles. The Bertz CT molecular complexity index is 1780. The van der Waals surface area contributed by atoms with E-state index in [-0.39, 0.29) is 0 Å². The summed E-state index contributed by atoms with van der Waals surface area (Å²) in [6.07, 6.45) is 11.3. The largest absolute Gasteiger partial charge is 0.460 e. The van der Waals surface area contributed by atoms with Crippen molar-refractivity contribution < 1.29 is 4.42 Å². The molecule has 2 heteroatoms. The summed E-state index contributed by atoms with van der Waals surface area (Å²) in [5, 5.41) is 9.24. The number of fused-ring (bicyclic) bond motifs is 7. The third kappa shape index (κ3) is 3.32. The van der Waals surface area contributed by atoms with Gasteiger partial charge in [-0.3, -0.25) is 0 Å². The highest BCUT2D eigenvalue weighted by atomic mass is 35.5. The van der Waals surface area contributed by atoms with Crippen LogP contribution >= 0.6 is 11.6 Å². The first-order chi connectivity index (χ1) is 16.6. The minimum atomic E-state index is 0.499. The van der Waals surface area contributed by atoms with Gasteiger partial charge in [0.15, 0.2) is 0 Å². The van der Waals surface area contributed by atoms with Crippen molar-refractivity contribution in [1.82, 2.24) is 0 Å². The van der Waals surface area contributed by atoms with E-state index in [2.05, 4.69) is 91.5 Å². The van der Waals surface area contributed by atoms with Crippen LogP contribution in [-0.2, 0) is 0 Å². The number of furan rings is 1.